The minimum absolute atomic E-state index is 0. The Morgan fingerprint density at radius 3 is 2.54 bits per heavy atom. The van der Waals surface area contributed by atoms with Crippen molar-refractivity contribution in [2.75, 3.05) is 6.54 Å². The van der Waals surface area contributed by atoms with Crippen LogP contribution in [0.3, 0.4) is 0 Å². The molecule has 0 saturated heterocycles. The highest BCUT2D eigenvalue weighted by atomic mass is 35.5. The summed E-state index contributed by atoms with van der Waals surface area (Å²) in [7, 11) is 0. The van der Waals surface area contributed by atoms with Crippen molar-refractivity contribution in [3.63, 3.8) is 0 Å². The number of hydrogen-bond donors (Lipinski definition) is 3. The van der Waals surface area contributed by atoms with E-state index in [1.807, 2.05) is 42.5 Å². The smallest absolute Gasteiger partial charge is 0.237 e. The van der Waals surface area contributed by atoms with Gasteiger partial charge < -0.3 is 15.7 Å². The summed E-state index contributed by atoms with van der Waals surface area (Å²) in [6.45, 7) is 1.19. The average molecular weight is 347 g/mol. The van der Waals surface area contributed by atoms with Gasteiger partial charge in [0.05, 0.1) is 12.1 Å². The summed E-state index contributed by atoms with van der Waals surface area (Å²) in [6.07, 6.45) is 0.680. The number of hydrogen-bond acceptors (Lipinski definition) is 3. The van der Waals surface area contributed by atoms with Gasteiger partial charge in [0.15, 0.2) is 0 Å². The molecule has 0 saturated carbocycles. The zero-order valence-corrected chi connectivity index (χ0v) is 14.3. The van der Waals surface area contributed by atoms with Gasteiger partial charge in [-0.25, -0.2) is 0 Å². The van der Waals surface area contributed by atoms with E-state index < -0.39 is 6.10 Å². The first-order valence-corrected chi connectivity index (χ1v) is 8.05. The second kappa shape index (κ2) is 8.83. The highest BCUT2D eigenvalue weighted by Crippen LogP contribution is 2.17. The lowest BCUT2D eigenvalue weighted by molar-refractivity contribution is -0.123. The Morgan fingerprint density at radius 2 is 1.79 bits per heavy atom. The molecule has 0 aliphatic carbocycles. The Morgan fingerprint density at radius 1 is 1.12 bits per heavy atom. The lowest BCUT2D eigenvalue weighted by atomic mass is 9.95. The number of benzene rings is 2. The average Bonchev–Trinajstić information content (AvgIpc) is 2.61. The molecule has 0 aromatic heterocycles. The maximum atomic E-state index is 12.3. The number of carbonyl (C=O) groups is 1. The van der Waals surface area contributed by atoms with Gasteiger partial charge in [-0.1, -0.05) is 54.6 Å². The van der Waals surface area contributed by atoms with E-state index in [9.17, 15) is 9.90 Å². The van der Waals surface area contributed by atoms with Crippen LogP contribution in [0, 0.1) is 0 Å². The maximum absolute atomic E-state index is 12.3. The van der Waals surface area contributed by atoms with Gasteiger partial charge in [0.2, 0.25) is 5.91 Å². The van der Waals surface area contributed by atoms with E-state index in [2.05, 4.69) is 22.8 Å². The van der Waals surface area contributed by atoms with Gasteiger partial charge in [-0.15, -0.1) is 12.4 Å². The summed E-state index contributed by atoms with van der Waals surface area (Å²) >= 11 is 0. The normalized spacial score (nSPS) is 17.3. The highest BCUT2D eigenvalue weighted by Gasteiger charge is 2.23. The number of rotatable bonds is 5. The molecule has 128 valence electrons. The number of aliphatic hydroxyl groups excluding tert-OH is 1. The highest BCUT2D eigenvalue weighted by molar-refractivity contribution is 5.85. The molecule has 2 aromatic rings. The van der Waals surface area contributed by atoms with Crippen molar-refractivity contribution in [1.82, 2.24) is 10.6 Å². The number of carbonyl (C=O) groups excluding carboxylic acids is 1. The van der Waals surface area contributed by atoms with E-state index in [4.69, 9.17) is 0 Å². The molecule has 0 spiro atoms. The standard InChI is InChI=1S/C19H22N2O2.ClH/c22-18(14-6-2-1-3-7-14)10-11-20-19(23)17-12-15-8-4-5-9-16(15)13-21-17;/h1-9,17-18,21-22H,10-13H2,(H,20,23);1H. The van der Waals surface area contributed by atoms with Crippen LogP contribution >= 0.6 is 12.4 Å². The molecule has 24 heavy (non-hydrogen) atoms. The first kappa shape index (κ1) is 18.5. The number of aliphatic hydroxyl groups is 1. The molecule has 1 aliphatic heterocycles. The molecule has 0 fully saturated rings. The molecule has 5 heteroatoms. The van der Waals surface area contributed by atoms with Gasteiger partial charge >= 0.3 is 0 Å². The topological polar surface area (TPSA) is 61.4 Å². The maximum Gasteiger partial charge on any atom is 0.237 e. The predicted molar refractivity (Wildman–Crippen MR) is 97.1 cm³/mol. The second-order valence-electron chi connectivity index (χ2n) is 5.91. The van der Waals surface area contributed by atoms with Crippen molar-refractivity contribution in [2.24, 2.45) is 0 Å². The van der Waals surface area contributed by atoms with Crippen LogP contribution in [0.5, 0.6) is 0 Å². The molecule has 3 rings (SSSR count). The molecule has 1 amide bonds. The summed E-state index contributed by atoms with van der Waals surface area (Å²) in [5.74, 6) is -0.000218. The number of amides is 1. The van der Waals surface area contributed by atoms with Crippen molar-refractivity contribution < 1.29 is 9.90 Å². The third-order valence-corrected chi connectivity index (χ3v) is 4.30. The van der Waals surface area contributed by atoms with Crippen molar-refractivity contribution in [1.29, 1.82) is 0 Å². The monoisotopic (exact) mass is 346 g/mol. The zero-order valence-electron chi connectivity index (χ0n) is 13.4. The third-order valence-electron chi connectivity index (χ3n) is 4.30. The molecule has 4 nitrogen and oxygen atoms in total. The second-order valence-corrected chi connectivity index (χ2v) is 5.91. The lowest BCUT2D eigenvalue weighted by Crippen LogP contribution is -2.47. The Bertz CT molecular complexity index is 663. The minimum Gasteiger partial charge on any atom is -0.388 e. The van der Waals surface area contributed by atoms with E-state index in [0.29, 0.717) is 19.4 Å². The van der Waals surface area contributed by atoms with E-state index in [-0.39, 0.29) is 24.4 Å². The van der Waals surface area contributed by atoms with Crippen LogP contribution in [-0.4, -0.2) is 23.6 Å². The van der Waals surface area contributed by atoms with Gasteiger partial charge in [-0.05, 0) is 29.5 Å². The summed E-state index contributed by atoms with van der Waals surface area (Å²) in [5.41, 5.74) is 3.37. The molecule has 2 unspecified atom stereocenters. The van der Waals surface area contributed by atoms with Crippen LogP contribution < -0.4 is 10.6 Å². The number of fused-ring (bicyclic) bond motifs is 1. The van der Waals surface area contributed by atoms with Crippen LogP contribution in [0.2, 0.25) is 0 Å². The van der Waals surface area contributed by atoms with E-state index >= 15 is 0 Å². The Labute approximate surface area is 148 Å². The molecule has 1 aliphatic rings. The molecule has 2 atom stereocenters. The molecular weight excluding hydrogens is 324 g/mol. The first-order chi connectivity index (χ1) is 11.2. The summed E-state index contributed by atoms with van der Waals surface area (Å²) in [6, 6.07) is 17.5. The third kappa shape index (κ3) is 4.57. The van der Waals surface area contributed by atoms with Crippen LogP contribution in [0.25, 0.3) is 0 Å². The zero-order chi connectivity index (χ0) is 16.1. The molecular formula is C19H23ClN2O2. The minimum atomic E-state index is -0.545. The predicted octanol–water partition coefficient (Wildman–Crippen LogP) is 2.36. The number of halogens is 1. The lowest BCUT2D eigenvalue weighted by Gasteiger charge is -2.25. The van der Waals surface area contributed by atoms with E-state index in [1.165, 1.54) is 11.1 Å². The summed E-state index contributed by atoms with van der Waals surface area (Å²) < 4.78 is 0. The van der Waals surface area contributed by atoms with Gasteiger partial charge in [0.25, 0.3) is 0 Å². The number of nitrogens with one attached hydrogen (secondary N) is 2. The van der Waals surface area contributed by atoms with Gasteiger partial charge in [0.1, 0.15) is 0 Å². The fourth-order valence-corrected chi connectivity index (χ4v) is 2.94. The Balaban J connectivity index is 0.00000208. The quantitative estimate of drug-likeness (QED) is 0.779. The van der Waals surface area contributed by atoms with Gasteiger partial charge in [-0.2, -0.15) is 0 Å². The molecule has 2 aromatic carbocycles. The van der Waals surface area contributed by atoms with E-state index in [1.54, 1.807) is 0 Å². The van der Waals surface area contributed by atoms with Gasteiger partial charge in [0, 0.05) is 13.1 Å². The van der Waals surface area contributed by atoms with Crippen molar-refractivity contribution in [3.8, 4) is 0 Å². The fraction of sp³-hybridized carbons (Fsp3) is 0.316. The van der Waals surface area contributed by atoms with Crippen LogP contribution in [-0.2, 0) is 17.8 Å². The Hall–Kier alpha value is -1.88. The van der Waals surface area contributed by atoms with Crippen molar-refractivity contribution >= 4 is 18.3 Å². The molecule has 0 radical (unpaired) electrons. The SMILES string of the molecule is Cl.O=C(NCCC(O)c1ccccc1)C1Cc2ccccc2CN1. The largest absolute Gasteiger partial charge is 0.388 e. The van der Waals surface area contributed by atoms with Gasteiger partial charge in [-0.3, -0.25) is 4.79 Å². The molecule has 1 heterocycles. The first-order valence-electron chi connectivity index (χ1n) is 8.05. The summed E-state index contributed by atoms with van der Waals surface area (Å²) in [4.78, 5) is 12.3. The van der Waals surface area contributed by atoms with Crippen molar-refractivity contribution in [3.05, 3.63) is 71.3 Å². The van der Waals surface area contributed by atoms with E-state index in [0.717, 1.165) is 12.1 Å². The Kier molecular flexibility index (Phi) is 6.79. The van der Waals surface area contributed by atoms with Crippen LogP contribution in [0.15, 0.2) is 54.6 Å². The van der Waals surface area contributed by atoms with Crippen molar-refractivity contribution in [2.45, 2.75) is 31.5 Å². The summed E-state index contributed by atoms with van der Waals surface area (Å²) in [5, 5.41) is 16.3. The van der Waals surface area contributed by atoms with Crippen LogP contribution in [0.1, 0.15) is 29.2 Å². The molecule has 3 N–H and O–H groups in total. The molecule has 0 bridgehead atoms. The fourth-order valence-electron chi connectivity index (χ4n) is 2.94. The van der Waals surface area contributed by atoms with Crippen LogP contribution in [0.4, 0.5) is 0 Å².